The van der Waals surface area contributed by atoms with Gasteiger partial charge in [0.2, 0.25) is 0 Å². The van der Waals surface area contributed by atoms with Crippen molar-refractivity contribution in [2.24, 2.45) is 7.05 Å². The molecular weight excluding hydrogens is 555 g/mol. The summed E-state index contributed by atoms with van der Waals surface area (Å²) in [7, 11) is 1.37. The van der Waals surface area contributed by atoms with Crippen LogP contribution in [0, 0.1) is 11.6 Å². The second kappa shape index (κ2) is 12.6. The van der Waals surface area contributed by atoms with E-state index in [4.69, 9.17) is 0 Å². The molecule has 0 aliphatic heterocycles. The summed E-state index contributed by atoms with van der Waals surface area (Å²) in [4.78, 5) is 17.1. The number of nitrogens with zero attached hydrogens (tertiary/aromatic N) is 5. The Hall–Kier alpha value is -4.03. The molecular formula is C28H26F7N5O. The van der Waals surface area contributed by atoms with Gasteiger partial charge in [-0.25, -0.2) is 22.2 Å². The molecule has 1 saturated carbocycles. The Morgan fingerprint density at radius 1 is 1.00 bits per heavy atom. The molecule has 5 rings (SSSR count). The number of rotatable bonds is 5. The molecule has 0 saturated heterocycles. The van der Waals surface area contributed by atoms with Gasteiger partial charge in [-0.3, -0.25) is 14.5 Å². The van der Waals surface area contributed by atoms with Gasteiger partial charge < -0.3 is 0 Å². The van der Waals surface area contributed by atoms with Crippen LogP contribution in [0.1, 0.15) is 67.0 Å². The van der Waals surface area contributed by atoms with Crippen molar-refractivity contribution in [3.8, 4) is 11.3 Å². The van der Waals surface area contributed by atoms with Crippen molar-refractivity contribution in [2.75, 3.05) is 0 Å². The van der Waals surface area contributed by atoms with Crippen molar-refractivity contribution in [1.29, 1.82) is 0 Å². The molecule has 0 N–H and O–H groups in total. The average molecular weight is 582 g/mol. The Bertz CT molecular complexity index is 1520. The molecule has 3 aromatic heterocycles. The van der Waals surface area contributed by atoms with E-state index in [1.807, 2.05) is 0 Å². The third-order valence-electron chi connectivity index (χ3n) is 6.80. The van der Waals surface area contributed by atoms with E-state index in [1.54, 1.807) is 0 Å². The van der Waals surface area contributed by atoms with Crippen LogP contribution < -0.4 is 5.56 Å². The van der Waals surface area contributed by atoms with E-state index < -0.39 is 41.9 Å². The van der Waals surface area contributed by atoms with Gasteiger partial charge in [0.15, 0.2) is 0 Å². The van der Waals surface area contributed by atoms with Crippen molar-refractivity contribution in [2.45, 2.75) is 57.2 Å². The first kappa shape index (κ1) is 29.9. The fraction of sp³-hybridized carbons (Fsp3) is 0.357. The predicted octanol–water partition coefficient (Wildman–Crippen LogP) is 7.06. The molecule has 3 heterocycles. The normalized spacial score (nSPS) is 14.2. The lowest BCUT2D eigenvalue weighted by atomic mass is 9.84. The van der Waals surface area contributed by atoms with Crippen LogP contribution in [0.3, 0.4) is 0 Å². The summed E-state index contributed by atoms with van der Waals surface area (Å²) in [5.74, 6) is -1.19. The number of hydrogen-bond acceptors (Lipinski definition) is 4. The number of halogens is 7. The first-order chi connectivity index (χ1) is 19.5. The van der Waals surface area contributed by atoms with Gasteiger partial charge in [0.25, 0.3) is 12.0 Å². The van der Waals surface area contributed by atoms with Crippen molar-refractivity contribution in [3.63, 3.8) is 0 Å². The fourth-order valence-corrected chi connectivity index (χ4v) is 4.83. The average Bonchev–Trinajstić information content (AvgIpc) is 3.32. The van der Waals surface area contributed by atoms with Crippen LogP contribution in [-0.4, -0.2) is 24.5 Å². The summed E-state index contributed by atoms with van der Waals surface area (Å²) < 4.78 is 93.6. The molecule has 0 amide bonds. The monoisotopic (exact) mass is 581 g/mol. The summed E-state index contributed by atoms with van der Waals surface area (Å²) in [5.41, 5.74) is -1.78. The summed E-state index contributed by atoms with van der Waals surface area (Å²) in [5, 5.41) is 8.07. The minimum atomic E-state index is -4.66. The summed E-state index contributed by atoms with van der Waals surface area (Å²) in [6.45, 7) is -0.535. The smallest absolute Gasteiger partial charge is 0.267 e. The van der Waals surface area contributed by atoms with E-state index in [0.29, 0.717) is 5.56 Å². The first-order valence-electron chi connectivity index (χ1n) is 12.8. The second-order valence-electron chi connectivity index (χ2n) is 9.59. The molecule has 0 spiro atoms. The van der Waals surface area contributed by atoms with Crippen molar-refractivity contribution in [1.82, 2.24) is 24.5 Å². The molecule has 218 valence electrons. The molecule has 6 nitrogen and oxygen atoms in total. The van der Waals surface area contributed by atoms with Gasteiger partial charge in [-0.1, -0.05) is 25.3 Å². The summed E-state index contributed by atoms with van der Waals surface area (Å²) in [6.07, 6.45) is -0.740. The van der Waals surface area contributed by atoms with Gasteiger partial charge in [0.1, 0.15) is 17.3 Å². The van der Waals surface area contributed by atoms with Crippen molar-refractivity contribution >= 4 is 0 Å². The highest BCUT2D eigenvalue weighted by atomic mass is 19.4. The zero-order valence-corrected chi connectivity index (χ0v) is 21.9. The van der Waals surface area contributed by atoms with Gasteiger partial charge in [-0.2, -0.15) is 23.4 Å². The van der Waals surface area contributed by atoms with E-state index in [1.165, 1.54) is 43.7 Å². The SMILES string of the molecule is Cn1ncc(-c2cc(C3CCCCC3)c(=O)n(Cc3ncccc3C(F)(F)F)n2)c1C(F)F.Fc1cccc(F)c1. The molecule has 1 aromatic carbocycles. The van der Waals surface area contributed by atoms with Crippen LogP contribution in [0.25, 0.3) is 11.3 Å². The molecule has 1 aliphatic carbocycles. The zero-order chi connectivity index (χ0) is 29.7. The highest BCUT2D eigenvalue weighted by molar-refractivity contribution is 5.62. The van der Waals surface area contributed by atoms with E-state index in [0.717, 1.165) is 59.7 Å². The van der Waals surface area contributed by atoms with Crippen LogP contribution in [-0.2, 0) is 19.8 Å². The van der Waals surface area contributed by atoms with Crippen LogP contribution >= 0.6 is 0 Å². The Balaban J connectivity index is 0.000000417. The quantitative estimate of drug-likeness (QED) is 0.237. The van der Waals surface area contributed by atoms with Gasteiger partial charge in [-0.05, 0) is 49.1 Å². The van der Waals surface area contributed by atoms with Gasteiger partial charge in [-0.15, -0.1) is 0 Å². The van der Waals surface area contributed by atoms with Crippen molar-refractivity contribution < 1.29 is 30.7 Å². The lowest BCUT2D eigenvalue weighted by Crippen LogP contribution is -2.30. The van der Waals surface area contributed by atoms with Crippen molar-refractivity contribution in [3.05, 3.63) is 99.4 Å². The molecule has 13 heteroatoms. The minimum absolute atomic E-state index is 0.0374. The largest absolute Gasteiger partial charge is 0.418 e. The maximum atomic E-state index is 13.7. The van der Waals surface area contributed by atoms with E-state index in [2.05, 4.69) is 15.2 Å². The van der Waals surface area contributed by atoms with E-state index in [-0.39, 0.29) is 28.6 Å². The third kappa shape index (κ3) is 7.19. The number of benzene rings is 1. The lowest BCUT2D eigenvalue weighted by molar-refractivity contribution is -0.138. The minimum Gasteiger partial charge on any atom is -0.267 e. The third-order valence-corrected chi connectivity index (χ3v) is 6.80. The standard InChI is InChI=1S/C22H22F5N5O.C6H4F2/c1-31-19(20(23)24)15(11-29-31)17-10-14(13-6-3-2-4-7-13)21(33)32(30-17)12-18-16(22(25,26)27)8-5-9-28-18;7-5-2-1-3-6(8)4-5/h5,8-11,13,20H,2-4,6-7,12H2,1H3;1-4H. The molecule has 4 aromatic rings. The van der Waals surface area contributed by atoms with Gasteiger partial charge in [0.05, 0.1) is 29.7 Å². The molecule has 0 atom stereocenters. The Kier molecular flexibility index (Phi) is 9.24. The molecule has 0 bridgehead atoms. The van der Waals surface area contributed by atoms with Crippen LogP contribution in [0.15, 0.2) is 59.7 Å². The highest BCUT2D eigenvalue weighted by Crippen LogP contribution is 2.35. The number of hydrogen-bond donors (Lipinski definition) is 0. The topological polar surface area (TPSA) is 65.6 Å². The zero-order valence-electron chi connectivity index (χ0n) is 21.9. The maximum absolute atomic E-state index is 13.7. The van der Waals surface area contributed by atoms with Crippen LogP contribution in [0.2, 0.25) is 0 Å². The predicted molar refractivity (Wildman–Crippen MR) is 136 cm³/mol. The first-order valence-corrected chi connectivity index (χ1v) is 12.8. The Morgan fingerprint density at radius 3 is 2.27 bits per heavy atom. The number of pyridine rings is 1. The molecule has 41 heavy (non-hydrogen) atoms. The van der Waals surface area contributed by atoms with E-state index >= 15 is 0 Å². The highest BCUT2D eigenvalue weighted by Gasteiger charge is 2.34. The number of aromatic nitrogens is 5. The maximum Gasteiger partial charge on any atom is 0.418 e. The summed E-state index contributed by atoms with van der Waals surface area (Å²) in [6, 6.07) is 8.09. The van der Waals surface area contributed by atoms with E-state index in [9.17, 15) is 35.5 Å². The Labute approximate surface area is 230 Å². The van der Waals surface area contributed by atoms with Crippen LogP contribution in [0.5, 0.6) is 0 Å². The number of alkyl halides is 5. The molecule has 0 radical (unpaired) electrons. The molecule has 1 fully saturated rings. The second-order valence-corrected chi connectivity index (χ2v) is 9.59. The lowest BCUT2D eigenvalue weighted by Gasteiger charge is -2.22. The van der Waals surface area contributed by atoms with Crippen LogP contribution in [0.4, 0.5) is 30.7 Å². The Morgan fingerprint density at radius 2 is 1.68 bits per heavy atom. The summed E-state index contributed by atoms with van der Waals surface area (Å²) >= 11 is 0. The number of aryl methyl sites for hydroxylation is 1. The van der Waals surface area contributed by atoms with Gasteiger partial charge in [0, 0.05) is 30.4 Å². The van der Waals surface area contributed by atoms with Gasteiger partial charge >= 0.3 is 6.18 Å². The molecule has 1 aliphatic rings. The molecule has 0 unspecified atom stereocenters. The fourth-order valence-electron chi connectivity index (χ4n) is 4.83.